The van der Waals surface area contributed by atoms with E-state index in [1.807, 2.05) is 0 Å². The lowest BCUT2D eigenvalue weighted by Crippen LogP contribution is -2.41. The maximum absolute atomic E-state index is 12.1. The molecule has 3 aliphatic rings. The average molecular weight is 395 g/mol. The summed E-state index contributed by atoms with van der Waals surface area (Å²) in [6.07, 6.45) is 5.04. The molecule has 0 saturated carbocycles. The van der Waals surface area contributed by atoms with Gasteiger partial charge in [0.15, 0.2) is 8.32 Å². The predicted octanol–water partition coefficient (Wildman–Crippen LogP) is 3.74. The van der Waals surface area contributed by atoms with Crippen LogP contribution in [0.15, 0.2) is 23.8 Å². The zero-order chi connectivity index (χ0) is 20.0. The second-order valence-electron chi connectivity index (χ2n) is 9.78. The van der Waals surface area contributed by atoms with Gasteiger partial charge in [0.1, 0.15) is 11.7 Å². The van der Waals surface area contributed by atoms with Crippen LogP contribution in [0.25, 0.3) is 0 Å². The molecule has 0 amide bonds. The molecule has 0 bridgehead atoms. The largest absolute Gasteiger partial charge is 0.454 e. The molecule has 1 unspecified atom stereocenters. The SMILES string of the molecule is C=C1C(=O)OC2/C=C(/CO[Si](C)(C)C(C)(C)C)CC[C@@H]3O[C@]3(CO)CC[C@@H]12. The highest BCUT2D eigenvalue weighted by Crippen LogP contribution is 2.47. The number of rotatable bonds is 4. The molecule has 3 rings (SSSR count). The van der Waals surface area contributed by atoms with Crippen LogP contribution in [-0.2, 0) is 18.7 Å². The lowest BCUT2D eigenvalue weighted by molar-refractivity contribution is -0.137. The van der Waals surface area contributed by atoms with E-state index in [2.05, 4.69) is 46.5 Å². The fraction of sp³-hybridized carbons (Fsp3) is 0.762. The summed E-state index contributed by atoms with van der Waals surface area (Å²) in [5.41, 5.74) is 1.24. The molecule has 0 aromatic carbocycles. The van der Waals surface area contributed by atoms with Crippen molar-refractivity contribution in [1.29, 1.82) is 0 Å². The molecule has 2 fully saturated rings. The van der Waals surface area contributed by atoms with E-state index in [-0.39, 0.29) is 35.7 Å². The fourth-order valence-corrected chi connectivity index (χ4v) is 4.75. The zero-order valence-corrected chi connectivity index (χ0v) is 18.3. The first kappa shape index (κ1) is 20.8. The summed E-state index contributed by atoms with van der Waals surface area (Å²) < 4.78 is 17.9. The van der Waals surface area contributed by atoms with Crippen molar-refractivity contribution in [1.82, 2.24) is 0 Å². The predicted molar refractivity (Wildman–Crippen MR) is 107 cm³/mol. The first-order valence-electron chi connectivity index (χ1n) is 10.0. The first-order valence-corrected chi connectivity index (χ1v) is 12.9. The van der Waals surface area contributed by atoms with Crippen LogP contribution in [0.1, 0.15) is 46.5 Å². The number of esters is 1. The summed E-state index contributed by atoms with van der Waals surface area (Å²) in [6, 6.07) is 0. The van der Waals surface area contributed by atoms with Crippen molar-refractivity contribution < 1.29 is 23.8 Å². The Morgan fingerprint density at radius 2 is 2.07 bits per heavy atom. The van der Waals surface area contributed by atoms with E-state index in [0.717, 1.165) is 31.3 Å². The quantitative estimate of drug-likeness (QED) is 0.259. The lowest BCUT2D eigenvalue weighted by atomic mass is 9.84. The molecule has 152 valence electrons. The highest BCUT2D eigenvalue weighted by molar-refractivity contribution is 6.74. The van der Waals surface area contributed by atoms with Crippen molar-refractivity contribution in [3.05, 3.63) is 23.8 Å². The Morgan fingerprint density at radius 1 is 1.37 bits per heavy atom. The van der Waals surface area contributed by atoms with E-state index < -0.39 is 13.9 Å². The molecule has 0 spiro atoms. The van der Waals surface area contributed by atoms with Gasteiger partial charge in [-0.25, -0.2) is 4.79 Å². The molecular formula is C21H34O5Si. The Morgan fingerprint density at radius 3 is 2.70 bits per heavy atom. The summed E-state index contributed by atoms with van der Waals surface area (Å²) in [4.78, 5) is 12.1. The highest BCUT2D eigenvalue weighted by atomic mass is 28.4. The lowest BCUT2D eigenvalue weighted by Gasteiger charge is -2.36. The van der Waals surface area contributed by atoms with E-state index in [0.29, 0.717) is 12.2 Å². The third-order valence-electron chi connectivity index (χ3n) is 6.95. The molecule has 1 N–H and O–H groups in total. The van der Waals surface area contributed by atoms with Gasteiger partial charge in [0.2, 0.25) is 0 Å². The van der Waals surface area contributed by atoms with E-state index in [1.54, 1.807) is 0 Å². The van der Waals surface area contributed by atoms with Gasteiger partial charge in [-0.15, -0.1) is 0 Å². The Bertz CT molecular complexity index is 647. The Labute approximate surface area is 163 Å². The van der Waals surface area contributed by atoms with Crippen molar-refractivity contribution >= 4 is 14.3 Å². The van der Waals surface area contributed by atoms with E-state index >= 15 is 0 Å². The second-order valence-corrected chi connectivity index (χ2v) is 14.6. The number of carbonyl (C=O) groups is 1. The maximum Gasteiger partial charge on any atom is 0.334 e. The van der Waals surface area contributed by atoms with Crippen LogP contribution in [0.5, 0.6) is 0 Å². The van der Waals surface area contributed by atoms with Gasteiger partial charge in [0, 0.05) is 11.5 Å². The molecule has 0 radical (unpaired) electrons. The molecule has 2 aliphatic heterocycles. The number of fused-ring (bicyclic) bond motifs is 2. The minimum atomic E-state index is -1.87. The highest BCUT2D eigenvalue weighted by Gasteiger charge is 2.56. The van der Waals surface area contributed by atoms with Gasteiger partial charge in [0.05, 0.1) is 19.3 Å². The van der Waals surface area contributed by atoms with E-state index in [1.165, 1.54) is 0 Å². The molecule has 2 saturated heterocycles. The van der Waals surface area contributed by atoms with Gasteiger partial charge in [0.25, 0.3) is 0 Å². The molecule has 0 aromatic rings. The molecule has 2 heterocycles. The van der Waals surface area contributed by atoms with Crippen LogP contribution in [-0.4, -0.2) is 50.4 Å². The second kappa shape index (κ2) is 7.14. The Kier molecular flexibility index (Phi) is 5.49. The maximum atomic E-state index is 12.1. The van der Waals surface area contributed by atoms with Gasteiger partial charge >= 0.3 is 5.97 Å². The van der Waals surface area contributed by atoms with Gasteiger partial charge in [-0.2, -0.15) is 0 Å². The zero-order valence-electron chi connectivity index (χ0n) is 17.3. The van der Waals surface area contributed by atoms with Crippen LogP contribution >= 0.6 is 0 Å². The number of hydrogen-bond acceptors (Lipinski definition) is 5. The molecule has 6 heteroatoms. The van der Waals surface area contributed by atoms with Crippen LogP contribution in [0, 0.1) is 5.92 Å². The summed E-state index contributed by atoms with van der Waals surface area (Å²) in [7, 11) is -1.87. The van der Waals surface area contributed by atoms with E-state index in [4.69, 9.17) is 13.9 Å². The topological polar surface area (TPSA) is 68.3 Å². The number of ether oxygens (including phenoxy) is 2. The van der Waals surface area contributed by atoms with Crippen molar-refractivity contribution in [2.75, 3.05) is 13.2 Å². The van der Waals surface area contributed by atoms with Crippen LogP contribution in [0.2, 0.25) is 18.1 Å². The molecule has 4 atom stereocenters. The van der Waals surface area contributed by atoms with E-state index in [9.17, 15) is 9.90 Å². The summed E-state index contributed by atoms with van der Waals surface area (Å²) in [6.45, 7) is 15.7. The number of hydrogen-bond donors (Lipinski definition) is 1. The number of epoxide rings is 1. The van der Waals surface area contributed by atoms with Crippen LogP contribution in [0.3, 0.4) is 0 Å². The minimum Gasteiger partial charge on any atom is -0.454 e. The molecule has 1 aliphatic carbocycles. The van der Waals surface area contributed by atoms with Crippen molar-refractivity contribution in [3.8, 4) is 0 Å². The molecule has 0 aromatic heterocycles. The summed E-state index contributed by atoms with van der Waals surface area (Å²) in [5.74, 6) is -0.358. The van der Waals surface area contributed by atoms with Gasteiger partial charge in [-0.3, -0.25) is 0 Å². The Balaban J connectivity index is 1.80. The Hall–Kier alpha value is -0.953. The number of aliphatic hydroxyl groups excluding tert-OH is 1. The smallest absolute Gasteiger partial charge is 0.334 e. The summed E-state index contributed by atoms with van der Waals surface area (Å²) >= 11 is 0. The molecular weight excluding hydrogens is 360 g/mol. The third kappa shape index (κ3) is 4.09. The van der Waals surface area contributed by atoms with Crippen LogP contribution in [0.4, 0.5) is 0 Å². The number of carbonyl (C=O) groups excluding carboxylic acids is 1. The molecule has 27 heavy (non-hydrogen) atoms. The standard InChI is InChI=1S/C21H34O5Si/c1-14-16-9-10-21(13-22)18(26-21)8-7-15(11-17(16)25-19(14)23)12-24-27(5,6)20(2,3)4/h11,16-18,22H,1,7-10,12-13H2,2-6H3/b15-11+/t16-,17?,18-,21-/m0/s1. The first-order chi connectivity index (χ1) is 12.5. The van der Waals surface area contributed by atoms with Gasteiger partial charge < -0.3 is 19.0 Å². The summed E-state index contributed by atoms with van der Waals surface area (Å²) in [5, 5.41) is 9.96. The normalized spacial score (nSPS) is 36.4. The van der Waals surface area contributed by atoms with Crippen LogP contribution < -0.4 is 0 Å². The van der Waals surface area contributed by atoms with Crippen molar-refractivity contribution in [2.24, 2.45) is 5.92 Å². The monoisotopic (exact) mass is 394 g/mol. The average Bonchev–Trinajstić information content (AvgIpc) is 3.22. The van der Waals surface area contributed by atoms with Gasteiger partial charge in [-0.05, 0) is 55.5 Å². The van der Waals surface area contributed by atoms with Crippen molar-refractivity contribution in [2.45, 2.75) is 82.4 Å². The minimum absolute atomic E-state index is 0.0237. The fourth-order valence-electron chi connectivity index (χ4n) is 3.77. The molecule has 5 nitrogen and oxygen atoms in total. The van der Waals surface area contributed by atoms with Crippen molar-refractivity contribution in [3.63, 3.8) is 0 Å². The van der Waals surface area contributed by atoms with Gasteiger partial charge in [-0.1, -0.05) is 27.4 Å². The third-order valence-corrected chi connectivity index (χ3v) is 11.4. The number of aliphatic hydroxyl groups is 1.